The summed E-state index contributed by atoms with van der Waals surface area (Å²) >= 11 is 1.46. The lowest BCUT2D eigenvalue weighted by Gasteiger charge is -2.06. The average Bonchev–Trinajstić information content (AvgIpc) is 2.70. The van der Waals surface area contributed by atoms with Crippen LogP contribution in [0.5, 0.6) is 0 Å². The lowest BCUT2D eigenvalue weighted by Crippen LogP contribution is -2.24. The Morgan fingerprint density at radius 1 is 1.47 bits per heavy atom. The number of amides is 1. The van der Waals surface area contributed by atoms with Crippen molar-refractivity contribution >= 4 is 23.2 Å². The second-order valence-electron chi connectivity index (χ2n) is 4.05. The first-order valence-electron chi connectivity index (χ1n) is 5.58. The van der Waals surface area contributed by atoms with Crippen LogP contribution in [-0.2, 0) is 4.79 Å². The fourth-order valence-electron chi connectivity index (χ4n) is 1.38. The molecule has 1 aromatic heterocycles. The van der Waals surface area contributed by atoms with E-state index in [1.807, 2.05) is 13.0 Å². The summed E-state index contributed by atoms with van der Waals surface area (Å²) in [6.07, 6.45) is 1.27. The van der Waals surface area contributed by atoms with Gasteiger partial charge in [0.1, 0.15) is 0 Å². The minimum absolute atomic E-state index is 0.0777. The normalized spacial score (nSPS) is 12.1. The van der Waals surface area contributed by atoms with Gasteiger partial charge in [0.15, 0.2) is 0 Å². The first kappa shape index (κ1) is 13.7. The van der Waals surface area contributed by atoms with Crippen LogP contribution in [0.1, 0.15) is 34.3 Å². The van der Waals surface area contributed by atoms with E-state index in [1.54, 1.807) is 13.0 Å². The van der Waals surface area contributed by atoms with Crippen LogP contribution in [0.25, 0.3) is 0 Å². The molecule has 2 N–H and O–H groups in total. The zero-order chi connectivity index (χ0) is 12.8. The average molecular weight is 255 g/mol. The van der Waals surface area contributed by atoms with Crippen LogP contribution in [0.3, 0.4) is 0 Å². The molecular formula is C12H17NO3S. The number of hydrogen-bond acceptors (Lipinski definition) is 3. The molecule has 1 atom stereocenters. The fourth-order valence-corrected chi connectivity index (χ4v) is 2.16. The Balaban J connectivity index is 2.23. The van der Waals surface area contributed by atoms with Gasteiger partial charge in [-0.05, 0) is 31.9 Å². The molecule has 0 aromatic carbocycles. The van der Waals surface area contributed by atoms with Gasteiger partial charge in [-0.1, -0.05) is 6.92 Å². The maximum absolute atomic E-state index is 11.6. The standard InChI is InChI=1S/C12H17NO3S/c1-8(12(15)16)4-3-7-13-11(14)10-6-5-9(2)17-10/h5-6,8H,3-4,7H2,1-2H3,(H,13,14)(H,15,16). The zero-order valence-electron chi connectivity index (χ0n) is 10.0. The van der Waals surface area contributed by atoms with E-state index in [0.717, 1.165) is 4.88 Å². The number of carbonyl (C=O) groups is 2. The summed E-state index contributed by atoms with van der Waals surface area (Å²) in [6, 6.07) is 3.71. The molecule has 0 fully saturated rings. The highest BCUT2D eigenvalue weighted by molar-refractivity contribution is 7.13. The van der Waals surface area contributed by atoms with E-state index in [0.29, 0.717) is 24.3 Å². The molecule has 0 radical (unpaired) electrons. The van der Waals surface area contributed by atoms with E-state index < -0.39 is 5.97 Å². The Kier molecular flexibility index (Phi) is 5.15. The van der Waals surface area contributed by atoms with Crippen molar-refractivity contribution < 1.29 is 14.7 Å². The highest BCUT2D eigenvalue weighted by atomic mass is 32.1. The quantitative estimate of drug-likeness (QED) is 0.766. The van der Waals surface area contributed by atoms with Crippen LogP contribution in [0, 0.1) is 12.8 Å². The van der Waals surface area contributed by atoms with Gasteiger partial charge in [0.25, 0.3) is 5.91 Å². The summed E-state index contributed by atoms with van der Waals surface area (Å²) in [5.41, 5.74) is 0. The summed E-state index contributed by atoms with van der Waals surface area (Å²) in [6.45, 7) is 4.15. The van der Waals surface area contributed by atoms with Crippen molar-refractivity contribution in [2.75, 3.05) is 6.54 Å². The van der Waals surface area contributed by atoms with E-state index in [1.165, 1.54) is 11.3 Å². The van der Waals surface area contributed by atoms with Gasteiger partial charge < -0.3 is 10.4 Å². The van der Waals surface area contributed by atoms with E-state index >= 15 is 0 Å². The summed E-state index contributed by atoms with van der Waals surface area (Å²) in [7, 11) is 0. The van der Waals surface area contributed by atoms with Crippen molar-refractivity contribution in [3.05, 3.63) is 21.9 Å². The van der Waals surface area contributed by atoms with Crippen LogP contribution >= 0.6 is 11.3 Å². The number of aliphatic carboxylic acids is 1. The molecule has 1 amide bonds. The van der Waals surface area contributed by atoms with Crippen molar-refractivity contribution in [2.45, 2.75) is 26.7 Å². The van der Waals surface area contributed by atoms with E-state index in [9.17, 15) is 9.59 Å². The van der Waals surface area contributed by atoms with Crippen molar-refractivity contribution in [1.82, 2.24) is 5.32 Å². The molecular weight excluding hydrogens is 238 g/mol. The number of carboxylic acid groups (broad SMARTS) is 1. The van der Waals surface area contributed by atoms with Crippen molar-refractivity contribution in [3.8, 4) is 0 Å². The Bertz CT molecular complexity index is 400. The molecule has 1 aromatic rings. The van der Waals surface area contributed by atoms with Crippen LogP contribution in [0.2, 0.25) is 0 Å². The van der Waals surface area contributed by atoms with Gasteiger partial charge >= 0.3 is 5.97 Å². The van der Waals surface area contributed by atoms with Crippen molar-refractivity contribution in [1.29, 1.82) is 0 Å². The van der Waals surface area contributed by atoms with Crippen LogP contribution in [0.4, 0.5) is 0 Å². The SMILES string of the molecule is Cc1ccc(C(=O)NCCCC(C)C(=O)O)s1. The number of rotatable bonds is 6. The third kappa shape index (κ3) is 4.56. The molecule has 17 heavy (non-hydrogen) atoms. The van der Waals surface area contributed by atoms with Gasteiger partial charge in [-0.3, -0.25) is 9.59 Å². The molecule has 94 valence electrons. The van der Waals surface area contributed by atoms with Gasteiger partial charge in [-0.15, -0.1) is 11.3 Å². The molecule has 0 spiro atoms. The molecule has 1 unspecified atom stereocenters. The van der Waals surface area contributed by atoms with E-state index in [2.05, 4.69) is 5.32 Å². The maximum Gasteiger partial charge on any atom is 0.306 e. The number of carbonyl (C=O) groups excluding carboxylic acids is 1. The third-order valence-corrected chi connectivity index (χ3v) is 3.48. The predicted molar refractivity (Wildman–Crippen MR) is 67.4 cm³/mol. The second-order valence-corrected chi connectivity index (χ2v) is 5.34. The minimum Gasteiger partial charge on any atom is -0.481 e. The molecule has 0 aliphatic heterocycles. The van der Waals surface area contributed by atoms with Crippen LogP contribution in [0.15, 0.2) is 12.1 Å². The minimum atomic E-state index is -0.787. The third-order valence-electron chi connectivity index (χ3n) is 2.49. The number of carboxylic acids is 1. The Labute approximate surface area is 105 Å². The number of nitrogens with one attached hydrogen (secondary N) is 1. The molecule has 0 bridgehead atoms. The van der Waals surface area contributed by atoms with E-state index in [4.69, 9.17) is 5.11 Å². The highest BCUT2D eigenvalue weighted by Crippen LogP contribution is 2.14. The second kappa shape index (κ2) is 6.39. The molecule has 1 heterocycles. The summed E-state index contributed by atoms with van der Waals surface area (Å²) < 4.78 is 0. The Hall–Kier alpha value is -1.36. The van der Waals surface area contributed by atoms with Gasteiger partial charge in [-0.25, -0.2) is 0 Å². The summed E-state index contributed by atoms with van der Waals surface area (Å²) in [5.74, 6) is -1.22. The summed E-state index contributed by atoms with van der Waals surface area (Å²) in [5, 5.41) is 11.5. The Morgan fingerprint density at radius 3 is 2.71 bits per heavy atom. The van der Waals surface area contributed by atoms with Gasteiger partial charge in [0, 0.05) is 11.4 Å². The molecule has 4 nitrogen and oxygen atoms in total. The van der Waals surface area contributed by atoms with Gasteiger partial charge in [0.05, 0.1) is 10.8 Å². The first-order valence-corrected chi connectivity index (χ1v) is 6.40. The fraction of sp³-hybridized carbons (Fsp3) is 0.500. The summed E-state index contributed by atoms with van der Waals surface area (Å²) in [4.78, 5) is 24.0. The molecule has 0 saturated heterocycles. The molecule has 5 heteroatoms. The van der Waals surface area contributed by atoms with Gasteiger partial charge in [0.2, 0.25) is 0 Å². The lowest BCUT2D eigenvalue weighted by molar-refractivity contribution is -0.141. The zero-order valence-corrected chi connectivity index (χ0v) is 10.8. The van der Waals surface area contributed by atoms with Crippen molar-refractivity contribution in [2.24, 2.45) is 5.92 Å². The largest absolute Gasteiger partial charge is 0.481 e. The van der Waals surface area contributed by atoms with Crippen molar-refractivity contribution in [3.63, 3.8) is 0 Å². The number of aryl methyl sites for hydroxylation is 1. The lowest BCUT2D eigenvalue weighted by atomic mass is 10.1. The monoisotopic (exact) mass is 255 g/mol. The number of hydrogen-bond donors (Lipinski definition) is 2. The highest BCUT2D eigenvalue weighted by Gasteiger charge is 2.11. The molecule has 0 aliphatic carbocycles. The van der Waals surface area contributed by atoms with Gasteiger partial charge in [-0.2, -0.15) is 0 Å². The van der Waals surface area contributed by atoms with E-state index in [-0.39, 0.29) is 11.8 Å². The van der Waals surface area contributed by atoms with Crippen LogP contribution < -0.4 is 5.32 Å². The Morgan fingerprint density at radius 2 is 2.18 bits per heavy atom. The van der Waals surface area contributed by atoms with Crippen LogP contribution in [-0.4, -0.2) is 23.5 Å². The topological polar surface area (TPSA) is 66.4 Å². The number of thiophene rings is 1. The molecule has 1 rings (SSSR count). The molecule has 0 saturated carbocycles. The maximum atomic E-state index is 11.6. The molecule has 0 aliphatic rings. The predicted octanol–water partition coefficient (Wildman–Crippen LogP) is 2.29. The smallest absolute Gasteiger partial charge is 0.306 e. The first-order chi connectivity index (χ1) is 8.00.